The molecule has 0 spiro atoms. The fourth-order valence-electron chi connectivity index (χ4n) is 6.21. The zero-order valence-electron chi connectivity index (χ0n) is 24.2. The quantitative estimate of drug-likeness (QED) is 0.285. The van der Waals surface area contributed by atoms with Crippen LogP contribution < -0.4 is 4.90 Å². The molecule has 1 amide bonds. The first-order valence-corrected chi connectivity index (χ1v) is 15.4. The van der Waals surface area contributed by atoms with Crippen molar-refractivity contribution in [2.75, 3.05) is 11.5 Å². The van der Waals surface area contributed by atoms with E-state index in [0.717, 1.165) is 30.6 Å². The van der Waals surface area contributed by atoms with E-state index in [9.17, 15) is 19.8 Å². The van der Waals surface area contributed by atoms with Gasteiger partial charge in [-0.15, -0.1) is 11.3 Å². The van der Waals surface area contributed by atoms with Gasteiger partial charge < -0.3 is 19.8 Å². The maximum absolute atomic E-state index is 14.3. The van der Waals surface area contributed by atoms with E-state index in [1.165, 1.54) is 18.4 Å². The molecule has 0 aliphatic heterocycles. The van der Waals surface area contributed by atoms with E-state index >= 15 is 0 Å². The zero-order valence-corrected chi connectivity index (χ0v) is 25.0. The summed E-state index contributed by atoms with van der Waals surface area (Å²) in [7, 11) is 0. The lowest BCUT2D eigenvalue weighted by Crippen LogP contribution is -2.51. The Kier molecular flexibility index (Phi) is 9.30. The van der Waals surface area contributed by atoms with Crippen LogP contribution in [-0.2, 0) is 9.53 Å². The van der Waals surface area contributed by atoms with Crippen LogP contribution in [-0.4, -0.2) is 46.4 Å². The van der Waals surface area contributed by atoms with Crippen molar-refractivity contribution < 1.29 is 24.5 Å². The molecule has 4 rings (SSSR count). The third-order valence-corrected chi connectivity index (χ3v) is 9.50. The molecule has 2 N–H and O–H groups in total. The van der Waals surface area contributed by atoms with Gasteiger partial charge in [-0.25, -0.2) is 4.79 Å². The van der Waals surface area contributed by atoms with Crippen LogP contribution in [0.25, 0.3) is 0 Å². The molecular weight excluding hydrogens is 510 g/mol. The van der Waals surface area contributed by atoms with E-state index in [0.29, 0.717) is 49.3 Å². The van der Waals surface area contributed by atoms with Gasteiger partial charge in [-0.05, 0) is 91.0 Å². The van der Waals surface area contributed by atoms with Crippen molar-refractivity contribution in [3.05, 3.63) is 27.5 Å². The van der Waals surface area contributed by atoms with Crippen LogP contribution in [0.5, 0.6) is 0 Å². The predicted molar refractivity (Wildman–Crippen MR) is 156 cm³/mol. The van der Waals surface area contributed by atoms with Crippen molar-refractivity contribution in [3.8, 4) is 11.8 Å². The number of anilines is 1. The molecule has 6 nitrogen and oxygen atoms in total. The minimum Gasteiger partial charge on any atom is -0.477 e. The van der Waals surface area contributed by atoms with Gasteiger partial charge >= 0.3 is 5.97 Å². The van der Waals surface area contributed by atoms with Gasteiger partial charge in [-0.3, -0.25) is 4.79 Å². The van der Waals surface area contributed by atoms with Crippen LogP contribution >= 0.6 is 11.3 Å². The van der Waals surface area contributed by atoms with E-state index in [4.69, 9.17) is 4.74 Å². The Morgan fingerprint density at radius 3 is 2.44 bits per heavy atom. The molecule has 1 heterocycles. The summed E-state index contributed by atoms with van der Waals surface area (Å²) in [6.07, 6.45) is 10.7. The highest BCUT2D eigenvalue weighted by Crippen LogP contribution is 2.41. The molecular formula is C32H45NO5S. The van der Waals surface area contributed by atoms with Crippen LogP contribution in [0, 0.1) is 29.1 Å². The third-order valence-electron chi connectivity index (χ3n) is 8.47. The first-order valence-electron chi connectivity index (χ1n) is 14.6. The number of hydrogen-bond donors (Lipinski definition) is 2. The van der Waals surface area contributed by atoms with Crippen LogP contribution in [0.4, 0.5) is 5.69 Å². The van der Waals surface area contributed by atoms with Crippen molar-refractivity contribution >= 4 is 28.9 Å². The van der Waals surface area contributed by atoms with Crippen LogP contribution in [0.2, 0.25) is 0 Å². The number of thiophene rings is 1. The van der Waals surface area contributed by atoms with Gasteiger partial charge in [0.2, 0.25) is 5.91 Å². The lowest BCUT2D eigenvalue weighted by molar-refractivity contribution is -0.125. The van der Waals surface area contributed by atoms with Gasteiger partial charge in [0.1, 0.15) is 4.88 Å². The fourth-order valence-corrected chi connectivity index (χ4v) is 7.05. The standard InChI is InChI=1S/C32H45NO5S/c1-21-10-11-26(22(2)18-21)29(34)33(27-19-25(14-15-31(3,4)5)39-28(27)30(35)36)23-12-16-32(37,17-13-23)20-38-24-8-6-7-9-24/h10,19,22-24,26,37H,6-9,11-13,16-18,20H2,1-5H3,(H,35,36)/t22-,23?,26?,32?/m1/s1. The summed E-state index contributed by atoms with van der Waals surface area (Å²) >= 11 is 1.14. The maximum atomic E-state index is 14.3. The van der Waals surface area contributed by atoms with Crippen molar-refractivity contribution in [2.24, 2.45) is 17.3 Å². The van der Waals surface area contributed by atoms with Crippen molar-refractivity contribution in [3.63, 3.8) is 0 Å². The third kappa shape index (κ3) is 7.54. The summed E-state index contributed by atoms with van der Waals surface area (Å²) in [5, 5.41) is 21.5. The highest BCUT2D eigenvalue weighted by molar-refractivity contribution is 7.15. The molecule has 2 saturated carbocycles. The molecule has 1 aromatic rings. The number of carbonyl (C=O) groups excluding carboxylic acids is 1. The number of aliphatic hydroxyl groups is 1. The minimum atomic E-state index is -1.04. The second-order valence-electron chi connectivity index (χ2n) is 13.1. The summed E-state index contributed by atoms with van der Waals surface area (Å²) in [5.74, 6) is 5.27. The monoisotopic (exact) mass is 555 g/mol. The first-order chi connectivity index (χ1) is 18.3. The van der Waals surface area contributed by atoms with E-state index in [1.807, 2.05) is 20.8 Å². The van der Waals surface area contributed by atoms with Crippen LogP contribution in [0.3, 0.4) is 0 Å². The number of amides is 1. The molecule has 2 fully saturated rings. The number of carboxylic acids is 1. The lowest BCUT2D eigenvalue weighted by Gasteiger charge is -2.42. The molecule has 3 aliphatic rings. The zero-order chi connectivity index (χ0) is 28.4. The molecule has 2 atom stereocenters. The van der Waals surface area contributed by atoms with E-state index in [-0.39, 0.29) is 40.2 Å². The normalized spacial score (nSPS) is 27.9. The number of rotatable bonds is 7. The first kappa shape index (κ1) is 29.8. The van der Waals surface area contributed by atoms with E-state index in [2.05, 4.69) is 31.8 Å². The summed E-state index contributed by atoms with van der Waals surface area (Å²) in [6.45, 7) is 10.6. The molecule has 3 aliphatic carbocycles. The Balaban J connectivity index is 1.62. The number of aromatic carboxylic acids is 1. The summed E-state index contributed by atoms with van der Waals surface area (Å²) in [6, 6.07) is 1.61. The Bertz CT molecular complexity index is 1140. The predicted octanol–water partition coefficient (Wildman–Crippen LogP) is 6.80. The summed E-state index contributed by atoms with van der Waals surface area (Å²) in [5.41, 5.74) is 0.620. The smallest absolute Gasteiger partial charge is 0.348 e. The molecule has 1 unspecified atom stereocenters. The van der Waals surface area contributed by atoms with Gasteiger partial charge in [-0.2, -0.15) is 0 Å². The van der Waals surface area contributed by atoms with Gasteiger partial charge in [0.05, 0.1) is 28.9 Å². The minimum absolute atomic E-state index is 0.0143. The van der Waals surface area contributed by atoms with E-state index in [1.54, 1.807) is 11.0 Å². The lowest BCUT2D eigenvalue weighted by atomic mass is 9.78. The molecule has 214 valence electrons. The highest BCUT2D eigenvalue weighted by atomic mass is 32.1. The van der Waals surface area contributed by atoms with E-state index < -0.39 is 11.6 Å². The summed E-state index contributed by atoms with van der Waals surface area (Å²) < 4.78 is 6.07. The van der Waals surface area contributed by atoms with Gasteiger partial charge in [0.15, 0.2) is 0 Å². The van der Waals surface area contributed by atoms with Gasteiger partial charge in [0.25, 0.3) is 0 Å². The second kappa shape index (κ2) is 12.2. The number of allylic oxidation sites excluding steroid dienone is 2. The fraction of sp³-hybridized carbons (Fsp3) is 0.688. The summed E-state index contributed by atoms with van der Waals surface area (Å²) in [4.78, 5) is 29.2. The Morgan fingerprint density at radius 1 is 1.18 bits per heavy atom. The molecule has 1 aromatic heterocycles. The topological polar surface area (TPSA) is 87.1 Å². The largest absolute Gasteiger partial charge is 0.477 e. The Labute approximate surface area is 237 Å². The Morgan fingerprint density at radius 2 is 1.85 bits per heavy atom. The van der Waals surface area contributed by atoms with Crippen molar-refractivity contribution in [1.82, 2.24) is 0 Å². The highest BCUT2D eigenvalue weighted by Gasteiger charge is 2.42. The van der Waals surface area contributed by atoms with Crippen molar-refractivity contribution in [1.29, 1.82) is 0 Å². The second-order valence-corrected chi connectivity index (χ2v) is 14.1. The van der Waals surface area contributed by atoms with Crippen LogP contribution in [0.15, 0.2) is 17.7 Å². The van der Waals surface area contributed by atoms with Crippen molar-refractivity contribution in [2.45, 2.75) is 117 Å². The molecule has 0 aromatic carbocycles. The number of carboxylic acid groups (broad SMARTS) is 1. The number of nitrogens with zero attached hydrogens (tertiary/aromatic N) is 1. The SMILES string of the molecule is CC1=CCC(C(=O)N(c2cc(C#CC(C)(C)C)sc2C(=O)O)C2CCC(O)(COC3CCCC3)CC2)[C@H](C)C1. The van der Waals surface area contributed by atoms with Crippen LogP contribution in [0.1, 0.15) is 113 Å². The molecule has 39 heavy (non-hydrogen) atoms. The average Bonchev–Trinajstić information content (AvgIpc) is 3.53. The number of carbonyl (C=O) groups is 2. The number of ether oxygens (including phenoxy) is 1. The maximum Gasteiger partial charge on any atom is 0.348 e. The molecule has 0 bridgehead atoms. The average molecular weight is 556 g/mol. The Hall–Kier alpha value is -2.14. The molecule has 0 radical (unpaired) electrons. The molecule has 7 heteroatoms. The van der Waals surface area contributed by atoms with Gasteiger partial charge in [-0.1, -0.05) is 43.3 Å². The number of hydrogen-bond acceptors (Lipinski definition) is 5. The molecule has 0 saturated heterocycles. The van der Waals surface area contributed by atoms with Gasteiger partial charge in [0, 0.05) is 17.4 Å².